The van der Waals surface area contributed by atoms with Gasteiger partial charge >= 0.3 is 6.03 Å². The van der Waals surface area contributed by atoms with Gasteiger partial charge in [-0.3, -0.25) is 4.90 Å². The number of piperidine rings is 2. The molecule has 4 aromatic rings. The van der Waals surface area contributed by atoms with Gasteiger partial charge in [0.1, 0.15) is 0 Å². The van der Waals surface area contributed by atoms with Crippen LogP contribution in [0, 0.1) is 0 Å². The molecular weight excluding hydrogens is 537 g/mol. The van der Waals surface area contributed by atoms with E-state index in [0.717, 1.165) is 66.7 Å². The molecule has 2 fully saturated rings. The number of nitrogens with one attached hydrogen (secondary N) is 1. The van der Waals surface area contributed by atoms with Crippen LogP contribution in [0.15, 0.2) is 84.9 Å². The Morgan fingerprint density at radius 1 is 0.675 bits per heavy atom. The summed E-state index contributed by atoms with van der Waals surface area (Å²) in [6.45, 7) is 4.69. The van der Waals surface area contributed by atoms with E-state index in [1.165, 1.54) is 34.9 Å². The normalized spacial score (nSPS) is 17.3. The Kier molecular flexibility index (Phi) is 8.29. The molecule has 6 heteroatoms. The lowest BCUT2D eigenvalue weighted by atomic mass is 9.89. The van der Waals surface area contributed by atoms with Crippen molar-refractivity contribution in [2.75, 3.05) is 31.5 Å². The number of hydrogen-bond acceptors (Lipinski definition) is 2. The highest BCUT2D eigenvalue weighted by molar-refractivity contribution is 6.30. The molecule has 6 rings (SSSR count). The summed E-state index contributed by atoms with van der Waals surface area (Å²) in [5.41, 5.74) is 4.88. The van der Waals surface area contributed by atoms with Crippen molar-refractivity contribution >= 4 is 45.7 Å². The second-order valence-electron chi connectivity index (χ2n) is 11.2. The van der Waals surface area contributed by atoms with Gasteiger partial charge in [-0.2, -0.15) is 0 Å². The fraction of sp³-hybridized carbons (Fsp3) is 0.324. The smallest absolute Gasteiger partial charge is 0.321 e. The van der Waals surface area contributed by atoms with E-state index >= 15 is 0 Å². The third-order valence-electron chi connectivity index (χ3n) is 8.61. The van der Waals surface area contributed by atoms with Gasteiger partial charge in [-0.25, -0.2) is 4.79 Å². The quantitative estimate of drug-likeness (QED) is 0.259. The van der Waals surface area contributed by atoms with Crippen LogP contribution < -0.4 is 5.32 Å². The standard InChI is InChI=1S/C34H35Cl2N3O/c35-31-8-3-25(4-9-31)27-13-17-38(18-14-27)23-24-1-2-30-22-33(12-7-29(30)21-24)37-34(40)39-19-15-28(16-20-39)26-5-10-32(36)11-6-26/h1-12,21-22,27-28H,13-20,23H2,(H,37,40). The molecule has 0 radical (unpaired) electrons. The monoisotopic (exact) mass is 571 g/mol. The Morgan fingerprint density at radius 3 is 1.80 bits per heavy atom. The van der Waals surface area contributed by atoms with Crippen molar-refractivity contribution in [3.05, 3.63) is 112 Å². The van der Waals surface area contributed by atoms with Crippen LogP contribution in [0.3, 0.4) is 0 Å². The number of rotatable bonds is 5. The molecule has 4 nitrogen and oxygen atoms in total. The average Bonchev–Trinajstić information content (AvgIpc) is 2.98. The maximum Gasteiger partial charge on any atom is 0.321 e. The fourth-order valence-corrected chi connectivity index (χ4v) is 6.49. The number of likely N-dealkylation sites (tertiary alicyclic amines) is 2. The maximum absolute atomic E-state index is 13.0. The molecular formula is C34H35Cl2N3O. The summed E-state index contributed by atoms with van der Waals surface area (Å²) in [6, 6.07) is 29.3. The number of hydrogen-bond donors (Lipinski definition) is 1. The van der Waals surface area contributed by atoms with Gasteiger partial charge in [-0.15, -0.1) is 0 Å². The van der Waals surface area contributed by atoms with Crippen molar-refractivity contribution in [1.29, 1.82) is 0 Å². The number of urea groups is 1. The highest BCUT2D eigenvalue weighted by Gasteiger charge is 2.24. The third kappa shape index (κ3) is 6.46. The van der Waals surface area contributed by atoms with E-state index in [1.54, 1.807) is 0 Å². The van der Waals surface area contributed by atoms with Gasteiger partial charge in [0.05, 0.1) is 0 Å². The van der Waals surface area contributed by atoms with Crippen LogP contribution in [-0.4, -0.2) is 42.0 Å². The Balaban J connectivity index is 1.01. The number of amides is 2. The van der Waals surface area contributed by atoms with Crippen LogP contribution in [0.25, 0.3) is 10.8 Å². The molecule has 2 saturated heterocycles. The molecule has 0 bridgehead atoms. The van der Waals surface area contributed by atoms with Crippen molar-refractivity contribution < 1.29 is 4.79 Å². The predicted molar refractivity (Wildman–Crippen MR) is 167 cm³/mol. The van der Waals surface area contributed by atoms with Gasteiger partial charge in [-0.05, 0) is 121 Å². The summed E-state index contributed by atoms with van der Waals surface area (Å²) in [6.07, 6.45) is 4.29. The number of fused-ring (bicyclic) bond motifs is 1. The van der Waals surface area contributed by atoms with Gasteiger partial charge in [0.25, 0.3) is 0 Å². The number of benzene rings is 4. The van der Waals surface area contributed by atoms with E-state index in [0.29, 0.717) is 11.8 Å². The van der Waals surface area contributed by atoms with Crippen LogP contribution in [0.4, 0.5) is 10.5 Å². The van der Waals surface area contributed by atoms with Crippen LogP contribution in [0.2, 0.25) is 10.0 Å². The summed E-state index contributed by atoms with van der Waals surface area (Å²) < 4.78 is 0. The Labute approximate surface area is 246 Å². The lowest BCUT2D eigenvalue weighted by Crippen LogP contribution is -2.40. The summed E-state index contributed by atoms with van der Waals surface area (Å²) in [5, 5.41) is 7.03. The summed E-state index contributed by atoms with van der Waals surface area (Å²) >= 11 is 12.1. The van der Waals surface area contributed by atoms with Gasteiger partial charge in [0, 0.05) is 35.4 Å². The lowest BCUT2D eigenvalue weighted by Gasteiger charge is -2.32. The largest absolute Gasteiger partial charge is 0.324 e. The number of carbonyl (C=O) groups is 1. The molecule has 4 aromatic carbocycles. The predicted octanol–water partition coefficient (Wildman–Crippen LogP) is 8.94. The zero-order valence-electron chi connectivity index (χ0n) is 22.7. The van der Waals surface area contributed by atoms with Crippen molar-refractivity contribution in [3.63, 3.8) is 0 Å². The van der Waals surface area contributed by atoms with Crippen molar-refractivity contribution in [2.45, 2.75) is 44.1 Å². The van der Waals surface area contributed by atoms with Crippen molar-refractivity contribution in [3.8, 4) is 0 Å². The maximum atomic E-state index is 13.0. The topological polar surface area (TPSA) is 35.6 Å². The lowest BCUT2D eigenvalue weighted by molar-refractivity contribution is 0.194. The minimum absolute atomic E-state index is 0.0208. The number of carbonyl (C=O) groups excluding carboxylic acids is 1. The molecule has 206 valence electrons. The Morgan fingerprint density at radius 2 is 1.20 bits per heavy atom. The molecule has 2 aliphatic heterocycles. The molecule has 0 spiro atoms. The second kappa shape index (κ2) is 12.2. The molecule has 0 atom stereocenters. The average molecular weight is 573 g/mol. The molecule has 2 heterocycles. The first kappa shape index (κ1) is 27.1. The van der Waals surface area contributed by atoms with E-state index < -0.39 is 0 Å². The summed E-state index contributed by atoms with van der Waals surface area (Å²) in [4.78, 5) is 17.5. The van der Waals surface area contributed by atoms with Gasteiger partial charge in [0.2, 0.25) is 0 Å². The molecule has 0 aromatic heterocycles. The second-order valence-corrected chi connectivity index (χ2v) is 12.1. The molecule has 2 amide bonds. The zero-order valence-corrected chi connectivity index (χ0v) is 24.2. The van der Waals surface area contributed by atoms with Crippen LogP contribution in [-0.2, 0) is 6.54 Å². The summed E-state index contributed by atoms with van der Waals surface area (Å²) in [5.74, 6) is 1.10. The van der Waals surface area contributed by atoms with Crippen molar-refractivity contribution in [1.82, 2.24) is 9.80 Å². The summed E-state index contributed by atoms with van der Waals surface area (Å²) in [7, 11) is 0. The van der Waals surface area contributed by atoms with Crippen molar-refractivity contribution in [2.24, 2.45) is 0 Å². The fourth-order valence-electron chi connectivity index (χ4n) is 6.24. The van der Waals surface area contributed by atoms with E-state index in [2.05, 4.69) is 64.8 Å². The molecule has 0 aliphatic carbocycles. The van der Waals surface area contributed by atoms with Gasteiger partial charge in [-0.1, -0.05) is 65.7 Å². The van der Waals surface area contributed by atoms with Crippen LogP contribution in [0.1, 0.15) is 54.2 Å². The first-order chi connectivity index (χ1) is 19.5. The molecule has 40 heavy (non-hydrogen) atoms. The first-order valence-corrected chi connectivity index (χ1v) is 15.1. The van der Waals surface area contributed by atoms with Gasteiger partial charge < -0.3 is 10.2 Å². The number of anilines is 1. The minimum atomic E-state index is -0.0208. The van der Waals surface area contributed by atoms with E-state index in [-0.39, 0.29) is 6.03 Å². The molecule has 0 saturated carbocycles. The first-order valence-electron chi connectivity index (χ1n) is 14.3. The third-order valence-corrected chi connectivity index (χ3v) is 9.12. The van der Waals surface area contributed by atoms with Crippen LogP contribution >= 0.6 is 23.2 Å². The molecule has 2 aliphatic rings. The molecule has 0 unspecified atom stereocenters. The van der Waals surface area contributed by atoms with E-state index in [1.807, 2.05) is 35.2 Å². The highest BCUT2D eigenvalue weighted by atomic mass is 35.5. The minimum Gasteiger partial charge on any atom is -0.324 e. The van der Waals surface area contributed by atoms with Gasteiger partial charge in [0.15, 0.2) is 0 Å². The van der Waals surface area contributed by atoms with Crippen LogP contribution in [0.5, 0.6) is 0 Å². The SMILES string of the molecule is O=C(Nc1ccc2cc(CN3CCC(c4ccc(Cl)cc4)CC3)ccc2c1)N1CCC(c2ccc(Cl)cc2)CC1. The number of nitrogens with zero attached hydrogens (tertiary/aromatic N) is 2. The Bertz CT molecular complexity index is 1460. The number of halogens is 2. The zero-order chi connectivity index (χ0) is 27.5. The highest BCUT2D eigenvalue weighted by Crippen LogP contribution is 2.31. The molecule has 1 N–H and O–H groups in total. The van der Waals surface area contributed by atoms with E-state index in [9.17, 15) is 4.79 Å². The van der Waals surface area contributed by atoms with E-state index in [4.69, 9.17) is 23.2 Å². The Hall–Kier alpha value is -3.05.